The summed E-state index contributed by atoms with van der Waals surface area (Å²) in [7, 11) is 3.38. The highest BCUT2D eigenvalue weighted by Crippen LogP contribution is 2.63. The molecule has 270 valence electrons. The van der Waals surface area contributed by atoms with Crippen molar-refractivity contribution in [2.45, 2.75) is 81.4 Å². The number of nitrogens with one attached hydrogen (secondary N) is 2. The first-order valence-corrected chi connectivity index (χ1v) is 17.9. The van der Waals surface area contributed by atoms with Gasteiger partial charge in [0, 0.05) is 57.1 Å². The molecule has 2 bridgehead atoms. The number of carbonyl (C=O) groups excluding carboxylic acids is 4. The lowest BCUT2D eigenvalue weighted by molar-refractivity contribution is -0.235. The molecule has 6 aliphatic rings. The fraction of sp³-hybridized carbons (Fsp3) is 0.526. The third kappa shape index (κ3) is 6.04. The molecule has 51 heavy (non-hydrogen) atoms. The van der Waals surface area contributed by atoms with Crippen molar-refractivity contribution < 1.29 is 43.3 Å². The smallest absolute Gasteiger partial charge is 0.327 e. The number of benzene rings is 2. The summed E-state index contributed by atoms with van der Waals surface area (Å²) in [5, 5.41) is 16.4. The van der Waals surface area contributed by atoms with E-state index >= 15 is 0 Å². The number of carbonyl (C=O) groups is 4. The van der Waals surface area contributed by atoms with Gasteiger partial charge in [0.15, 0.2) is 11.8 Å². The predicted molar refractivity (Wildman–Crippen MR) is 181 cm³/mol. The number of hydrogen-bond donors (Lipinski definition) is 3. The summed E-state index contributed by atoms with van der Waals surface area (Å²) < 4.78 is 19.9. The second-order valence-electron chi connectivity index (χ2n) is 14.8. The van der Waals surface area contributed by atoms with Gasteiger partial charge in [-0.15, -0.1) is 0 Å². The molecule has 0 radical (unpaired) electrons. The molecular weight excluding hydrogens is 656 g/mol. The Labute approximate surface area is 296 Å². The van der Waals surface area contributed by atoms with Crippen molar-refractivity contribution in [2.24, 2.45) is 17.3 Å². The first kappa shape index (κ1) is 34.0. The van der Waals surface area contributed by atoms with Crippen molar-refractivity contribution in [2.75, 3.05) is 27.2 Å². The van der Waals surface area contributed by atoms with Gasteiger partial charge in [-0.2, -0.15) is 5.06 Å². The second-order valence-corrected chi connectivity index (χ2v) is 14.8. The predicted octanol–water partition coefficient (Wildman–Crippen LogP) is 1.93. The maximum Gasteiger partial charge on any atom is 0.327 e. The lowest BCUT2D eigenvalue weighted by Gasteiger charge is -2.48. The van der Waals surface area contributed by atoms with Gasteiger partial charge in [0.25, 0.3) is 5.91 Å². The second kappa shape index (κ2) is 13.1. The molecule has 3 amide bonds. The number of fused-ring (bicyclic) bond motifs is 4. The van der Waals surface area contributed by atoms with Crippen LogP contribution in [0.3, 0.4) is 0 Å². The largest absolute Gasteiger partial charge is 0.458 e. The molecule has 3 saturated heterocycles. The third-order valence-electron chi connectivity index (χ3n) is 11.1. The van der Waals surface area contributed by atoms with Gasteiger partial charge in [-0.05, 0) is 60.6 Å². The van der Waals surface area contributed by atoms with Gasteiger partial charge in [0.05, 0.1) is 13.2 Å². The number of aliphatic hydroxyl groups excluding tert-OH is 1. The van der Waals surface area contributed by atoms with Crippen molar-refractivity contribution in [1.29, 1.82) is 0 Å². The Balaban J connectivity index is 1.08. The molecule has 2 aromatic rings. The van der Waals surface area contributed by atoms with Crippen LogP contribution in [-0.2, 0) is 46.5 Å². The first-order valence-electron chi connectivity index (χ1n) is 17.9. The monoisotopic (exact) mass is 700 g/mol. The Bertz CT molecular complexity index is 1730. The molecule has 6 atom stereocenters. The first-order chi connectivity index (χ1) is 24.6. The van der Waals surface area contributed by atoms with Crippen molar-refractivity contribution in [3.63, 3.8) is 0 Å². The van der Waals surface area contributed by atoms with E-state index in [0.29, 0.717) is 11.1 Å². The standard InChI is InChI=1S/C38H44N4O9/c1-41(2)29(44)15-10-22-6-8-23(9-7-22)21-42-32-35(46)48-28-19-37(32,36(47)40-20-24-4-3-5-25(18-24)34(45)39-16-17-43)33(51-42)31-30(28)49-38(50-31,26-11-12-26)27-13-14-27/h3-10,15,18,26-28,30-33,43H,11-14,16-17,19-21H2,1-2H3,(H,39,45)(H,40,47)/t28-,30-,31-,32-,33+,37-/m0/s1. The van der Waals surface area contributed by atoms with Gasteiger partial charge in [-0.3, -0.25) is 24.0 Å². The van der Waals surface area contributed by atoms with Crippen LogP contribution in [0.5, 0.6) is 0 Å². The molecule has 6 fully saturated rings. The highest BCUT2D eigenvalue weighted by Gasteiger charge is 2.78. The molecule has 3 N–H and O–H groups in total. The summed E-state index contributed by atoms with van der Waals surface area (Å²) >= 11 is 0. The fourth-order valence-electron chi connectivity index (χ4n) is 8.34. The molecule has 13 heteroatoms. The number of esters is 1. The lowest BCUT2D eigenvalue weighted by atomic mass is 9.62. The molecular formula is C38H44N4O9. The lowest BCUT2D eigenvalue weighted by Crippen LogP contribution is -2.69. The maximum absolute atomic E-state index is 14.7. The van der Waals surface area contributed by atoms with Gasteiger partial charge in [0.1, 0.15) is 29.8 Å². The number of hydrogen-bond acceptors (Lipinski definition) is 10. The molecule has 0 spiro atoms. The number of likely N-dealkylation sites (N-methyl/N-ethyl adjacent to an activating group) is 1. The minimum atomic E-state index is -1.32. The summed E-state index contributed by atoms with van der Waals surface area (Å²) in [5.74, 6) is -1.54. The summed E-state index contributed by atoms with van der Waals surface area (Å²) in [5.41, 5.74) is 1.47. The number of ether oxygens (including phenoxy) is 3. The van der Waals surface area contributed by atoms with Crippen LogP contribution >= 0.6 is 0 Å². The number of rotatable bonds is 12. The average Bonchev–Trinajstić information content (AvgIpc) is 4.08. The van der Waals surface area contributed by atoms with Crippen LogP contribution in [0.25, 0.3) is 6.08 Å². The zero-order valence-electron chi connectivity index (χ0n) is 28.8. The quantitative estimate of drug-likeness (QED) is 0.221. The molecule has 3 saturated carbocycles. The van der Waals surface area contributed by atoms with Gasteiger partial charge in [-0.1, -0.05) is 36.4 Å². The van der Waals surface area contributed by atoms with E-state index < -0.39 is 47.6 Å². The van der Waals surface area contributed by atoms with Gasteiger partial charge in [0.2, 0.25) is 11.8 Å². The van der Waals surface area contributed by atoms with Crippen LogP contribution in [0.2, 0.25) is 0 Å². The molecule has 3 aliphatic heterocycles. The van der Waals surface area contributed by atoms with Crippen LogP contribution in [0.1, 0.15) is 59.2 Å². The average molecular weight is 701 g/mol. The van der Waals surface area contributed by atoms with E-state index in [1.165, 1.54) is 11.0 Å². The summed E-state index contributed by atoms with van der Waals surface area (Å²) in [4.78, 5) is 61.5. The van der Waals surface area contributed by atoms with E-state index in [-0.39, 0.29) is 62.2 Å². The number of hydroxylamine groups is 2. The molecule has 0 aromatic heterocycles. The molecule has 3 aliphatic carbocycles. The van der Waals surface area contributed by atoms with Gasteiger partial charge in [-0.25, -0.2) is 0 Å². The van der Waals surface area contributed by atoms with Crippen molar-refractivity contribution in [3.8, 4) is 0 Å². The summed E-state index contributed by atoms with van der Waals surface area (Å²) in [6, 6.07) is 13.5. The Kier molecular flexibility index (Phi) is 8.74. The summed E-state index contributed by atoms with van der Waals surface area (Å²) in [6.07, 6.45) is 4.88. The molecule has 2 aromatic carbocycles. The van der Waals surface area contributed by atoms with Gasteiger partial charge < -0.3 is 34.9 Å². The number of nitrogens with zero attached hydrogens (tertiary/aromatic N) is 2. The number of amides is 3. The highest BCUT2D eigenvalue weighted by atomic mass is 16.8. The van der Waals surface area contributed by atoms with Crippen molar-refractivity contribution in [3.05, 3.63) is 76.9 Å². The summed E-state index contributed by atoms with van der Waals surface area (Å²) in [6.45, 7) is 0.284. The maximum atomic E-state index is 14.7. The minimum Gasteiger partial charge on any atom is -0.458 e. The van der Waals surface area contributed by atoms with Crippen LogP contribution in [0.15, 0.2) is 54.6 Å². The molecule has 3 heterocycles. The number of aliphatic hydroxyl groups is 1. The minimum absolute atomic E-state index is 0.117. The van der Waals surface area contributed by atoms with Crippen molar-refractivity contribution >= 4 is 29.8 Å². The van der Waals surface area contributed by atoms with E-state index in [4.69, 9.17) is 24.2 Å². The van der Waals surface area contributed by atoms with Crippen LogP contribution in [0, 0.1) is 17.3 Å². The SMILES string of the molecule is CN(C)C(=O)C=Cc1ccc(CN2O[C@@H]3[C@H]4OC(C5CC5)(C5CC5)O[C@H]4[C@@H]4C[C@]3(C(=O)NCc3cccc(C(=O)NCCO)c3)[C@@H]2C(=O)O4)cc1. The van der Waals surface area contributed by atoms with Crippen LogP contribution in [0.4, 0.5) is 0 Å². The van der Waals surface area contributed by atoms with E-state index in [0.717, 1.165) is 36.8 Å². The highest BCUT2D eigenvalue weighted by molar-refractivity contribution is 5.95. The Morgan fingerprint density at radius 1 is 0.980 bits per heavy atom. The van der Waals surface area contributed by atoms with Crippen LogP contribution < -0.4 is 10.6 Å². The molecule has 0 unspecified atom stereocenters. The Morgan fingerprint density at radius 2 is 1.71 bits per heavy atom. The van der Waals surface area contributed by atoms with Crippen molar-refractivity contribution in [1.82, 2.24) is 20.6 Å². The molecule has 8 rings (SSSR count). The Hall–Kier alpha value is -4.14. The normalized spacial score (nSPS) is 30.5. The van der Waals surface area contributed by atoms with E-state index in [1.54, 1.807) is 43.4 Å². The van der Waals surface area contributed by atoms with E-state index in [2.05, 4.69) is 10.6 Å². The third-order valence-corrected chi connectivity index (χ3v) is 11.1. The fourth-order valence-corrected chi connectivity index (χ4v) is 8.34. The van der Waals surface area contributed by atoms with Gasteiger partial charge >= 0.3 is 5.97 Å². The zero-order chi connectivity index (χ0) is 35.5. The Morgan fingerprint density at radius 3 is 2.39 bits per heavy atom. The topological polar surface area (TPSA) is 156 Å². The molecule has 13 nitrogen and oxygen atoms in total. The zero-order valence-corrected chi connectivity index (χ0v) is 28.8. The van der Waals surface area contributed by atoms with E-state index in [1.807, 2.05) is 30.3 Å². The van der Waals surface area contributed by atoms with Crippen LogP contribution in [-0.4, -0.2) is 102 Å². The van der Waals surface area contributed by atoms with E-state index in [9.17, 15) is 19.2 Å².